The van der Waals surface area contributed by atoms with Crippen LogP contribution in [0.4, 0.5) is 21.5 Å². The number of nitrogens with zero attached hydrogens (tertiary/aromatic N) is 7. The van der Waals surface area contributed by atoms with E-state index < -0.39 is 5.82 Å². The van der Waals surface area contributed by atoms with Crippen molar-refractivity contribution in [3.63, 3.8) is 0 Å². The zero-order valence-corrected chi connectivity index (χ0v) is 31.6. The van der Waals surface area contributed by atoms with Crippen molar-refractivity contribution in [2.75, 3.05) is 43.5 Å². The molecule has 13 heteroatoms. The van der Waals surface area contributed by atoms with Gasteiger partial charge in [-0.15, -0.1) is 5.10 Å². The number of ether oxygens (including phenoxy) is 1. The predicted molar refractivity (Wildman–Crippen MR) is 206 cm³/mol. The number of halogens is 3. The van der Waals surface area contributed by atoms with Gasteiger partial charge in [-0.25, -0.2) is 9.07 Å². The first kappa shape index (κ1) is 35.7. The summed E-state index contributed by atoms with van der Waals surface area (Å²) < 4.78 is 21.6. The number of nitrogens with one attached hydrogen (secondary N) is 2. The van der Waals surface area contributed by atoms with Gasteiger partial charge in [0.2, 0.25) is 0 Å². The number of hydrogen-bond acceptors (Lipinski definition) is 9. The zero-order valence-electron chi connectivity index (χ0n) is 30.0. The number of piperidine rings is 1. The van der Waals surface area contributed by atoms with Crippen molar-refractivity contribution in [3.8, 4) is 6.07 Å². The quantitative estimate of drug-likeness (QED) is 0.162. The molecule has 2 N–H and O–H groups in total. The zero-order chi connectivity index (χ0) is 36.9. The maximum atomic E-state index is 14.0. The Morgan fingerprint density at radius 3 is 2.51 bits per heavy atom. The summed E-state index contributed by atoms with van der Waals surface area (Å²) in [4.78, 5) is 9.59. The Kier molecular flexibility index (Phi) is 9.77. The third-order valence-electron chi connectivity index (χ3n) is 10.9. The van der Waals surface area contributed by atoms with Crippen molar-refractivity contribution in [1.29, 1.82) is 5.26 Å². The average molecular weight is 755 g/mol. The minimum absolute atomic E-state index is 0.0294. The SMILES string of the molecule is CC(C)(C)N1CCC(n2cc([C@@H](Nc3cc(Cl)c4ncc(C#N)c(Nc5ccc(F)c(Cl)c5)c4c3)c3cccc4c3CCN(C3COC3)C4)nn2)CC1. The molecular weight excluding hydrogens is 712 g/mol. The summed E-state index contributed by atoms with van der Waals surface area (Å²) in [7, 11) is 0. The number of hydrogen-bond donors (Lipinski definition) is 2. The fourth-order valence-electron chi connectivity index (χ4n) is 7.84. The van der Waals surface area contributed by atoms with Crippen LogP contribution in [0.5, 0.6) is 0 Å². The number of rotatable bonds is 8. The molecule has 8 rings (SSSR count). The molecule has 0 bridgehead atoms. The molecule has 0 radical (unpaired) electrons. The molecule has 53 heavy (non-hydrogen) atoms. The van der Waals surface area contributed by atoms with Crippen LogP contribution in [-0.4, -0.2) is 74.2 Å². The molecule has 10 nitrogen and oxygen atoms in total. The van der Waals surface area contributed by atoms with Gasteiger partial charge in [0, 0.05) is 54.7 Å². The first-order valence-corrected chi connectivity index (χ1v) is 18.9. The second-order valence-corrected chi connectivity index (χ2v) is 16.1. The Morgan fingerprint density at radius 2 is 1.79 bits per heavy atom. The van der Waals surface area contributed by atoms with E-state index in [2.05, 4.69) is 76.7 Å². The van der Waals surface area contributed by atoms with E-state index in [0.717, 1.165) is 75.6 Å². The smallest absolute Gasteiger partial charge is 0.141 e. The van der Waals surface area contributed by atoms with E-state index in [1.165, 1.54) is 29.5 Å². The van der Waals surface area contributed by atoms with Crippen LogP contribution in [0.15, 0.2) is 60.9 Å². The van der Waals surface area contributed by atoms with Crippen molar-refractivity contribution in [1.82, 2.24) is 29.8 Å². The van der Waals surface area contributed by atoms with Gasteiger partial charge in [-0.1, -0.05) is 46.6 Å². The fraction of sp³-hybridized carbons (Fsp3) is 0.400. The molecular formula is C40H42Cl2FN9O. The highest BCUT2D eigenvalue weighted by Gasteiger charge is 2.33. The molecule has 0 aliphatic carbocycles. The summed E-state index contributed by atoms with van der Waals surface area (Å²) in [6.07, 6.45) is 6.49. The number of aromatic nitrogens is 4. The Morgan fingerprint density at radius 1 is 1.00 bits per heavy atom. The molecule has 2 fully saturated rings. The monoisotopic (exact) mass is 753 g/mol. The molecule has 5 heterocycles. The van der Waals surface area contributed by atoms with Gasteiger partial charge in [0.25, 0.3) is 0 Å². The van der Waals surface area contributed by atoms with Crippen LogP contribution in [0.1, 0.15) is 73.6 Å². The van der Waals surface area contributed by atoms with E-state index in [4.69, 9.17) is 38.3 Å². The average Bonchev–Trinajstić information content (AvgIpc) is 3.61. The summed E-state index contributed by atoms with van der Waals surface area (Å²) in [6.45, 7) is 12.2. The molecule has 1 atom stereocenters. The summed E-state index contributed by atoms with van der Waals surface area (Å²) in [6, 6.07) is 17.3. The molecule has 274 valence electrons. The van der Waals surface area contributed by atoms with Gasteiger partial charge in [-0.3, -0.25) is 14.8 Å². The molecule has 0 spiro atoms. The van der Waals surface area contributed by atoms with Gasteiger partial charge in [-0.2, -0.15) is 5.26 Å². The van der Waals surface area contributed by atoms with Gasteiger partial charge in [0.1, 0.15) is 17.6 Å². The number of benzene rings is 3. The van der Waals surface area contributed by atoms with Crippen LogP contribution >= 0.6 is 23.2 Å². The third-order valence-corrected chi connectivity index (χ3v) is 11.5. The molecule has 5 aromatic rings. The van der Waals surface area contributed by atoms with Crippen LogP contribution in [0.3, 0.4) is 0 Å². The minimum Gasteiger partial charge on any atom is -0.378 e. The number of fused-ring (bicyclic) bond motifs is 2. The van der Waals surface area contributed by atoms with Crippen LogP contribution in [0, 0.1) is 17.1 Å². The molecule has 2 saturated heterocycles. The standard InChI is InChI=1S/C40H42Cl2FN9O/c1-40(2,3)51-13-9-28(10-14-51)52-21-36(48-49-52)39(31-6-4-5-24-20-50(12-11-30(24)31)29-22-53-23-29)47-27-15-32-37(46-26-7-8-35(43)33(41)16-26)25(18-44)19-45-38(32)34(42)17-27/h4-8,15-17,19,21,28-29,39,47H,9-14,20,22-23H2,1-3H3,(H,45,46)/t39-/m0/s1. The maximum Gasteiger partial charge on any atom is 0.141 e. The molecule has 3 aliphatic heterocycles. The normalized spacial score (nSPS) is 18.0. The fourth-order valence-corrected chi connectivity index (χ4v) is 8.29. The van der Waals surface area contributed by atoms with Gasteiger partial charge >= 0.3 is 0 Å². The Hall–Kier alpha value is -4.31. The molecule has 0 saturated carbocycles. The topological polar surface area (TPSA) is 107 Å². The van der Waals surface area contributed by atoms with Gasteiger partial charge < -0.3 is 15.4 Å². The van der Waals surface area contributed by atoms with Crippen LogP contribution in [0.2, 0.25) is 10.0 Å². The van der Waals surface area contributed by atoms with Gasteiger partial charge in [0.05, 0.1) is 64.3 Å². The third kappa shape index (κ3) is 7.19. The van der Waals surface area contributed by atoms with Crippen molar-refractivity contribution >= 4 is 51.2 Å². The maximum absolute atomic E-state index is 14.0. The van der Waals surface area contributed by atoms with E-state index >= 15 is 0 Å². The Balaban J connectivity index is 1.18. The first-order chi connectivity index (χ1) is 25.6. The van der Waals surface area contributed by atoms with Gasteiger partial charge in [-0.05, 0) is 87.1 Å². The predicted octanol–water partition coefficient (Wildman–Crippen LogP) is 8.28. The van der Waals surface area contributed by atoms with Crippen molar-refractivity contribution in [2.24, 2.45) is 0 Å². The largest absolute Gasteiger partial charge is 0.378 e. The highest BCUT2D eigenvalue weighted by molar-refractivity contribution is 6.36. The number of anilines is 3. The number of likely N-dealkylation sites (tertiary alicyclic amines) is 1. The molecule has 0 amide bonds. The van der Waals surface area contributed by atoms with Crippen molar-refractivity contribution < 1.29 is 9.13 Å². The van der Waals surface area contributed by atoms with E-state index in [9.17, 15) is 9.65 Å². The Labute approximate surface area is 318 Å². The molecule has 2 aromatic heterocycles. The summed E-state index contributed by atoms with van der Waals surface area (Å²) >= 11 is 13.1. The highest BCUT2D eigenvalue weighted by atomic mass is 35.5. The highest BCUT2D eigenvalue weighted by Crippen LogP contribution is 2.39. The number of pyridine rings is 1. The molecule has 3 aliphatic rings. The molecule has 3 aromatic carbocycles. The molecule has 0 unspecified atom stereocenters. The van der Waals surface area contributed by atoms with Crippen LogP contribution in [0.25, 0.3) is 10.9 Å². The van der Waals surface area contributed by atoms with Crippen LogP contribution < -0.4 is 10.6 Å². The summed E-state index contributed by atoms with van der Waals surface area (Å²) in [5.74, 6) is -0.530. The summed E-state index contributed by atoms with van der Waals surface area (Å²) in [5.41, 5.74) is 7.26. The number of nitriles is 1. The lowest BCUT2D eigenvalue weighted by molar-refractivity contribution is -0.0695. The summed E-state index contributed by atoms with van der Waals surface area (Å²) in [5, 5.41) is 27.7. The van der Waals surface area contributed by atoms with Crippen molar-refractivity contribution in [3.05, 3.63) is 105 Å². The van der Waals surface area contributed by atoms with Crippen LogP contribution in [-0.2, 0) is 17.7 Å². The van der Waals surface area contributed by atoms with E-state index in [0.29, 0.717) is 38.9 Å². The first-order valence-electron chi connectivity index (χ1n) is 18.2. The van der Waals surface area contributed by atoms with Crippen molar-refractivity contribution in [2.45, 2.75) is 70.2 Å². The lowest BCUT2D eigenvalue weighted by Crippen LogP contribution is -2.50. The van der Waals surface area contributed by atoms with Gasteiger partial charge in [0.15, 0.2) is 0 Å². The second-order valence-electron chi connectivity index (χ2n) is 15.3. The van der Waals surface area contributed by atoms with E-state index in [1.54, 1.807) is 6.07 Å². The Bertz CT molecular complexity index is 2200. The minimum atomic E-state index is -0.530. The lowest BCUT2D eigenvalue weighted by atomic mass is 9.89. The van der Waals surface area contributed by atoms with E-state index in [1.807, 2.05) is 16.8 Å². The second kappa shape index (κ2) is 14.5. The van der Waals surface area contributed by atoms with E-state index in [-0.39, 0.29) is 22.6 Å². The lowest BCUT2D eigenvalue weighted by Gasteiger charge is -2.40.